The summed E-state index contributed by atoms with van der Waals surface area (Å²) < 4.78 is 25.5. The molecule has 0 radical (unpaired) electrons. The van der Waals surface area contributed by atoms with E-state index >= 15 is 0 Å². The zero-order chi connectivity index (χ0) is 14.3. The Balaban J connectivity index is 2.14. The molecule has 1 aromatic heterocycles. The maximum absolute atomic E-state index is 13.2. The van der Waals surface area contributed by atoms with Gasteiger partial charge >= 0.3 is 5.97 Å². The van der Waals surface area contributed by atoms with Gasteiger partial charge < -0.3 is 9.47 Å². The van der Waals surface area contributed by atoms with Crippen LogP contribution in [-0.4, -0.2) is 22.1 Å². The summed E-state index contributed by atoms with van der Waals surface area (Å²) in [5.41, 5.74) is 1.55. The molecule has 6 heteroatoms. The van der Waals surface area contributed by atoms with Crippen molar-refractivity contribution < 1.29 is 18.7 Å². The van der Waals surface area contributed by atoms with Crippen molar-refractivity contribution in [3.8, 4) is 11.4 Å². The van der Waals surface area contributed by atoms with Crippen LogP contribution in [0.5, 0.6) is 5.75 Å². The van der Waals surface area contributed by atoms with Crippen LogP contribution >= 0.6 is 0 Å². The molecule has 0 N–H and O–H groups in total. The molecule has 2 aromatic rings. The third-order valence-corrected chi connectivity index (χ3v) is 3.14. The third-order valence-electron chi connectivity index (χ3n) is 3.14. The number of aromatic nitrogens is 2. The number of rotatable bonds is 2. The molecule has 1 aromatic carbocycles. The van der Waals surface area contributed by atoms with Crippen LogP contribution in [0.1, 0.15) is 28.9 Å². The molecule has 0 fully saturated rings. The van der Waals surface area contributed by atoms with Gasteiger partial charge in [-0.05, 0) is 26.0 Å². The highest BCUT2D eigenvalue weighted by atomic mass is 19.1. The summed E-state index contributed by atoms with van der Waals surface area (Å²) in [6.45, 7) is 3.96. The van der Waals surface area contributed by atoms with Gasteiger partial charge in [0.2, 0.25) is 0 Å². The number of carbonyl (C=O) groups excluding carboxylic acids is 1. The molecule has 20 heavy (non-hydrogen) atoms. The van der Waals surface area contributed by atoms with Crippen LogP contribution in [0.2, 0.25) is 0 Å². The highest BCUT2D eigenvalue weighted by molar-refractivity contribution is 5.89. The summed E-state index contributed by atoms with van der Waals surface area (Å²) in [5.74, 6) is 0.238. The molecule has 0 bridgehead atoms. The summed E-state index contributed by atoms with van der Waals surface area (Å²) >= 11 is 0. The minimum atomic E-state index is -0.474. The van der Waals surface area contributed by atoms with Gasteiger partial charge in [-0.15, -0.1) is 0 Å². The number of hydrogen-bond acceptors (Lipinski definition) is 4. The molecular weight excluding hydrogens is 263 g/mol. The first-order valence-corrected chi connectivity index (χ1v) is 6.30. The van der Waals surface area contributed by atoms with Crippen LogP contribution in [0.25, 0.3) is 5.69 Å². The Morgan fingerprint density at radius 1 is 1.55 bits per heavy atom. The van der Waals surface area contributed by atoms with E-state index in [1.54, 1.807) is 24.5 Å². The topological polar surface area (TPSA) is 53.3 Å². The van der Waals surface area contributed by atoms with Crippen LogP contribution in [0, 0.1) is 12.7 Å². The largest absolute Gasteiger partial charge is 0.485 e. The molecule has 0 saturated heterocycles. The summed E-state index contributed by atoms with van der Waals surface area (Å²) in [6, 6.07) is 4.28. The lowest BCUT2D eigenvalue weighted by Gasteiger charge is -2.21. The average Bonchev–Trinajstić information content (AvgIpc) is 2.76. The smallest absolute Gasteiger partial charge is 0.358 e. The molecule has 2 heterocycles. The fourth-order valence-corrected chi connectivity index (χ4v) is 2.33. The fraction of sp³-hybridized carbons (Fsp3) is 0.286. The Kier molecular flexibility index (Phi) is 2.93. The number of imidazole rings is 1. The summed E-state index contributed by atoms with van der Waals surface area (Å²) in [7, 11) is 0. The number of carbonyl (C=O) groups is 1. The van der Waals surface area contributed by atoms with Gasteiger partial charge in [0, 0.05) is 6.07 Å². The van der Waals surface area contributed by atoms with Crippen molar-refractivity contribution >= 4 is 5.97 Å². The van der Waals surface area contributed by atoms with Gasteiger partial charge in [-0.3, -0.25) is 4.57 Å². The van der Waals surface area contributed by atoms with Crippen LogP contribution in [-0.2, 0) is 11.3 Å². The molecular formula is C14H13FN2O3. The normalized spacial score (nSPS) is 12.3. The molecule has 5 nitrogen and oxygen atoms in total. The zero-order valence-corrected chi connectivity index (χ0v) is 11.1. The summed E-state index contributed by atoms with van der Waals surface area (Å²) in [6.07, 6.45) is 0. The minimum absolute atomic E-state index is 0.158. The van der Waals surface area contributed by atoms with Crippen molar-refractivity contribution in [3.05, 3.63) is 41.2 Å². The molecule has 0 unspecified atom stereocenters. The molecule has 0 amide bonds. The molecule has 1 aliphatic heterocycles. The molecule has 1 aliphatic rings. The van der Waals surface area contributed by atoms with Crippen LogP contribution < -0.4 is 4.74 Å². The first-order chi connectivity index (χ1) is 9.61. The van der Waals surface area contributed by atoms with Crippen molar-refractivity contribution in [2.75, 3.05) is 6.61 Å². The predicted molar refractivity (Wildman–Crippen MR) is 68.5 cm³/mol. The van der Waals surface area contributed by atoms with Gasteiger partial charge in [-0.1, -0.05) is 0 Å². The van der Waals surface area contributed by atoms with E-state index < -0.39 is 5.97 Å². The lowest BCUT2D eigenvalue weighted by atomic mass is 10.2. The van der Waals surface area contributed by atoms with E-state index in [1.165, 1.54) is 12.1 Å². The maximum atomic E-state index is 13.2. The minimum Gasteiger partial charge on any atom is -0.485 e. The second-order valence-electron chi connectivity index (χ2n) is 4.41. The van der Waals surface area contributed by atoms with E-state index in [4.69, 9.17) is 9.47 Å². The molecule has 0 aliphatic carbocycles. The standard InChI is InChI=1S/C14H13FN2O3/c1-3-19-14(18)13-11-7-20-12-6-9(15)4-5-10(12)17(11)8(2)16-13/h4-6H,3,7H2,1-2H3. The quantitative estimate of drug-likeness (QED) is 0.790. The number of halogens is 1. The fourth-order valence-electron chi connectivity index (χ4n) is 2.33. The first-order valence-electron chi connectivity index (χ1n) is 6.30. The Labute approximate surface area is 115 Å². The van der Waals surface area contributed by atoms with E-state index in [0.717, 1.165) is 0 Å². The Morgan fingerprint density at radius 3 is 3.10 bits per heavy atom. The van der Waals surface area contributed by atoms with Gasteiger partial charge in [-0.25, -0.2) is 14.2 Å². The number of aryl methyl sites for hydroxylation is 1. The van der Waals surface area contributed by atoms with Gasteiger partial charge in [0.25, 0.3) is 0 Å². The number of nitrogens with zero attached hydrogens (tertiary/aromatic N) is 2. The van der Waals surface area contributed by atoms with Crippen molar-refractivity contribution in [1.29, 1.82) is 0 Å². The average molecular weight is 276 g/mol. The Morgan fingerprint density at radius 2 is 2.35 bits per heavy atom. The van der Waals surface area contributed by atoms with E-state index in [-0.39, 0.29) is 24.7 Å². The van der Waals surface area contributed by atoms with Crippen LogP contribution in [0.3, 0.4) is 0 Å². The highest BCUT2D eigenvalue weighted by Crippen LogP contribution is 2.33. The summed E-state index contributed by atoms with van der Waals surface area (Å²) in [5, 5.41) is 0. The van der Waals surface area contributed by atoms with Crippen molar-refractivity contribution in [2.24, 2.45) is 0 Å². The van der Waals surface area contributed by atoms with E-state index in [9.17, 15) is 9.18 Å². The monoisotopic (exact) mass is 276 g/mol. The number of benzene rings is 1. The molecule has 3 rings (SSSR count). The number of hydrogen-bond donors (Lipinski definition) is 0. The van der Waals surface area contributed by atoms with E-state index in [2.05, 4.69) is 4.98 Å². The third kappa shape index (κ3) is 1.84. The second kappa shape index (κ2) is 4.63. The van der Waals surface area contributed by atoms with Gasteiger partial charge in [0.05, 0.1) is 18.0 Å². The molecule has 0 atom stereocenters. The SMILES string of the molecule is CCOC(=O)c1nc(C)n2c1COc1cc(F)ccc1-2. The van der Waals surface area contributed by atoms with E-state index in [1.807, 2.05) is 0 Å². The second-order valence-corrected chi connectivity index (χ2v) is 4.41. The summed E-state index contributed by atoms with van der Waals surface area (Å²) in [4.78, 5) is 16.1. The molecule has 104 valence electrons. The van der Waals surface area contributed by atoms with Crippen molar-refractivity contribution in [3.63, 3.8) is 0 Å². The van der Waals surface area contributed by atoms with Gasteiger partial charge in [-0.2, -0.15) is 0 Å². The predicted octanol–water partition coefficient (Wildman–Crippen LogP) is 2.39. The highest BCUT2D eigenvalue weighted by Gasteiger charge is 2.27. The van der Waals surface area contributed by atoms with Gasteiger partial charge in [0.1, 0.15) is 24.0 Å². The molecule has 0 spiro atoms. The number of esters is 1. The zero-order valence-electron chi connectivity index (χ0n) is 11.1. The first kappa shape index (κ1) is 12.7. The van der Waals surface area contributed by atoms with Crippen LogP contribution in [0.4, 0.5) is 4.39 Å². The van der Waals surface area contributed by atoms with Gasteiger partial charge in [0.15, 0.2) is 5.69 Å². The van der Waals surface area contributed by atoms with Crippen molar-refractivity contribution in [1.82, 2.24) is 9.55 Å². The van der Waals surface area contributed by atoms with E-state index in [0.29, 0.717) is 23.0 Å². The van der Waals surface area contributed by atoms with Crippen LogP contribution in [0.15, 0.2) is 18.2 Å². The Bertz CT molecular complexity index is 694. The number of fused-ring (bicyclic) bond motifs is 3. The van der Waals surface area contributed by atoms with Crippen molar-refractivity contribution in [2.45, 2.75) is 20.5 Å². The lowest BCUT2D eigenvalue weighted by molar-refractivity contribution is 0.0516. The number of ether oxygens (including phenoxy) is 2. The Hall–Kier alpha value is -2.37. The lowest BCUT2D eigenvalue weighted by Crippen LogP contribution is -2.17. The molecule has 0 saturated carbocycles. The maximum Gasteiger partial charge on any atom is 0.358 e.